The van der Waals surface area contributed by atoms with Crippen LogP contribution in [0.25, 0.3) is 0 Å². The fraction of sp³-hybridized carbons (Fsp3) is 0.750. The van der Waals surface area contributed by atoms with Gasteiger partial charge in [0.2, 0.25) is 0 Å². The molecule has 0 aliphatic carbocycles. The summed E-state index contributed by atoms with van der Waals surface area (Å²) in [5, 5.41) is 10.8. The van der Waals surface area contributed by atoms with E-state index in [-0.39, 0.29) is 0 Å². The number of aromatic nitrogens is 2. The molecule has 0 bridgehead atoms. The molecule has 0 aromatic carbocycles. The van der Waals surface area contributed by atoms with E-state index in [0.29, 0.717) is 6.04 Å². The number of thioether (sulfide) groups is 1. The minimum absolute atomic E-state index is 0.509. The monoisotopic (exact) mass is 241 g/mol. The Labute approximate surface area is 103 Å². The second-order valence-electron chi connectivity index (χ2n) is 4.15. The fourth-order valence-electron chi connectivity index (χ4n) is 1.63. The van der Waals surface area contributed by atoms with E-state index in [1.165, 1.54) is 17.9 Å². The third-order valence-corrected chi connectivity index (χ3v) is 3.42. The SMILES string of the molecule is CCSCCCNC(C)Cc1cc(C)[nH]n1. The molecule has 0 amide bonds. The van der Waals surface area contributed by atoms with Crippen molar-refractivity contribution in [1.82, 2.24) is 15.5 Å². The molecule has 0 radical (unpaired) electrons. The largest absolute Gasteiger partial charge is 0.314 e. The maximum atomic E-state index is 4.24. The van der Waals surface area contributed by atoms with Gasteiger partial charge in [-0.2, -0.15) is 16.9 Å². The fourth-order valence-corrected chi connectivity index (χ4v) is 2.27. The van der Waals surface area contributed by atoms with Crippen LogP contribution in [0.3, 0.4) is 0 Å². The lowest BCUT2D eigenvalue weighted by Gasteiger charge is -2.11. The Bertz CT molecular complexity index is 286. The van der Waals surface area contributed by atoms with Gasteiger partial charge in [0.1, 0.15) is 0 Å². The van der Waals surface area contributed by atoms with Crippen LogP contribution >= 0.6 is 11.8 Å². The number of aromatic amines is 1. The highest BCUT2D eigenvalue weighted by atomic mass is 32.2. The maximum absolute atomic E-state index is 4.24. The first kappa shape index (κ1) is 13.6. The summed E-state index contributed by atoms with van der Waals surface area (Å²) in [5.41, 5.74) is 2.29. The van der Waals surface area contributed by atoms with Crippen LogP contribution in [-0.2, 0) is 6.42 Å². The van der Waals surface area contributed by atoms with E-state index < -0.39 is 0 Å². The van der Waals surface area contributed by atoms with Crippen molar-refractivity contribution in [2.45, 2.75) is 39.7 Å². The van der Waals surface area contributed by atoms with Gasteiger partial charge < -0.3 is 5.32 Å². The summed E-state index contributed by atoms with van der Waals surface area (Å²) < 4.78 is 0. The molecule has 1 rings (SSSR count). The maximum Gasteiger partial charge on any atom is 0.0640 e. The normalized spacial score (nSPS) is 12.9. The summed E-state index contributed by atoms with van der Waals surface area (Å²) in [7, 11) is 0. The van der Waals surface area contributed by atoms with Crippen molar-refractivity contribution in [2.24, 2.45) is 0 Å². The molecule has 1 heterocycles. The summed E-state index contributed by atoms with van der Waals surface area (Å²) in [5.74, 6) is 2.49. The van der Waals surface area contributed by atoms with Crippen molar-refractivity contribution < 1.29 is 0 Å². The first-order valence-corrected chi connectivity index (χ1v) is 7.20. The lowest BCUT2D eigenvalue weighted by atomic mass is 10.2. The second kappa shape index (κ2) is 7.74. The van der Waals surface area contributed by atoms with Crippen molar-refractivity contribution in [2.75, 3.05) is 18.1 Å². The van der Waals surface area contributed by atoms with Crippen molar-refractivity contribution in [3.63, 3.8) is 0 Å². The molecular formula is C12H23N3S. The zero-order chi connectivity index (χ0) is 11.8. The van der Waals surface area contributed by atoms with Gasteiger partial charge in [-0.25, -0.2) is 0 Å². The first-order chi connectivity index (χ1) is 7.72. The number of hydrogen-bond acceptors (Lipinski definition) is 3. The van der Waals surface area contributed by atoms with Gasteiger partial charge in [0, 0.05) is 18.2 Å². The molecule has 2 N–H and O–H groups in total. The molecule has 1 aromatic heterocycles. The van der Waals surface area contributed by atoms with Crippen LogP contribution in [0.1, 0.15) is 31.7 Å². The van der Waals surface area contributed by atoms with Gasteiger partial charge >= 0.3 is 0 Å². The predicted octanol–water partition coefficient (Wildman–Crippen LogP) is 2.38. The Balaban J connectivity index is 2.09. The van der Waals surface area contributed by atoms with Crippen LogP contribution in [0.15, 0.2) is 6.07 Å². The van der Waals surface area contributed by atoms with Gasteiger partial charge in [-0.05, 0) is 44.4 Å². The topological polar surface area (TPSA) is 40.7 Å². The van der Waals surface area contributed by atoms with Crippen molar-refractivity contribution >= 4 is 11.8 Å². The Morgan fingerprint density at radius 2 is 2.38 bits per heavy atom. The molecule has 1 atom stereocenters. The van der Waals surface area contributed by atoms with Crippen LogP contribution in [0, 0.1) is 6.92 Å². The van der Waals surface area contributed by atoms with E-state index in [0.717, 1.165) is 24.4 Å². The summed E-state index contributed by atoms with van der Waals surface area (Å²) in [6.07, 6.45) is 2.26. The van der Waals surface area contributed by atoms with E-state index >= 15 is 0 Å². The number of H-pyrrole nitrogens is 1. The van der Waals surface area contributed by atoms with E-state index in [9.17, 15) is 0 Å². The second-order valence-corrected chi connectivity index (χ2v) is 5.55. The number of nitrogens with one attached hydrogen (secondary N) is 2. The molecule has 16 heavy (non-hydrogen) atoms. The van der Waals surface area contributed by atoms with E-state index in [2.05, 4.69) is 35.4 Å². The van der Waals surface area contributed by atoms with E-state index in [1.807, 2.05) is 18.7 Å². The zero-order valence-electron chi connectivity index (χ0n) is 10.5. The van der Waals surface area contributed by atoms with Gasteiger partial charge in [0.15, 0.2) is 0 Å². The third kappa shape index (κ3) is 5.56. The van der Waals surface area contributed by atoms with Gasteiger partial charge in [-0.15, -0.1) is 0 Å². The van der Waals surface area contributed by atoms with Crippen LogP contribution in [0.4, 0.5) is 0 Å². The molecule has 1 aromatic rings. The van der Waals surface area contributed by atoms with Gasteiger partial charge in [-0.3, -0.25) is 5.10 Å². The van der Waals surface area contributed by atoms with Crippen LogP contribution in [-0.4, -0.2) is 34.3 Å². The summed E-state index contributed by atoms with van der Waals surface area (Å²) in [6.45, 7) is 7.58. The zero-order valence-corrected chi connectivity index (χ0v) is 11.4. The number of hydrogen-bond donors (Lipinski definition) is 2. The quantitative estimate of drug-likeness (QED) is 0.687. The average Bonchev–Trinajstić information content (AvgIpc) is 2.63. The van der Waals surface area contributed by atoms with Crippen LogP contribution < -0.4 is 5.32 Å². The Morgan fingerprint density at radius 1 is 1.56 bits per heavy atom. The molecule has 0 aliphatic heterocycles. The molecule has 3 nitrogen and oxygen atoms in total. The smallest absolute Gasteiger partial charge is 0.0640 e. The number of nitrogens with zero attached hydrogens (tertiary/aromatic N) is 1. The minimum Gasteiger partial charge on any atom is -0.314 e. The molecule has 0 spiro atoms. The molecular weight excluding hydrogens is 218 g/mol. The van der Waals surface area contributed by atoms with Crippen LogP contribution in [0.2, 0.25) is 0 Å². The molecule has 1 unspecified atom stereocenters. The molecule has 0 saturated carbocycles. The highest BCUT2D eigenvalue weighted by Crippen LogP contribution is 2.03. The third-order valence-electron chi connectivity index (χ3n) is 2.44. The van der Waals surface area contributed by atoms with Crippen LogP contribution in [0.5, 0.6) is 0 Å². The molecule has 0 aliphatic rings. The summed E-state index contributed by atoms with van der Waals surface area (Å²) in [6, 6.07) is 2.62. The van der Waals surface area contributed by atoms with Crippen molar-refractivity contribution in [3.05, 3.63) is 17.5 Å². The van der Waals surface area contributed by atoms with Crippen molar-refractivity contribution in [1.29, 1.82) is 0 Å². The summed E-state index contributed by atoms with van der Waals surface area (Å²) in [4.78, 5) is 0. The number of rotatable bonds is 8. The van der Waals surface area contributed by atoms with E-state index in [1.54, 1.807) is 0 Å². The Hall–Kier alpha value is -0.480. The standard InChI is InChI=1S/C12H23N3S/c1-4-16-7-5-6-13-10(2)8-12-9-11(3)14-15-12/h9-10,13H,4-8H2,1-3H3,(H,14,15). The molecule has 0 saturated heterocycles. The first-order valence-electron chi connectivity index (χ1n) is 6.04. The lowest BCUT2D eigenvalue weighted by Crippen LogP contribution is -2.29. The van der Waals surface area contributed by atoms with Gasteiger partial charge in [0.25, 0.3) is 0 Å². The van der Waals surface area contributed by atoms with Crippen molar-refractivity contribution in [3.8, 4) is 0 Å². The van der Waals surface area contributed by atoms with Gasteiger partial charge in [-0.1, -0.05) is 6.92 Å². The molecule has 4 heteroatoms. The molecule has 0 fully saturated rings. The molecule has 92 valence electrons. The predicted molar refractivity (Wildman–Crippen MR) is 72.1 cm³/mol. The average molecular weight is 241 g/mol. The number of aryl methyl sites for hydroxylation is 1. The Kier molecular flexibility index (Phi) is 6.57. The minimum atomic E-state index is 0.509. The highest BCUT2D eigenvalue weighted by Gasteiger charge is 2.04. The summed E-state index contributed by atoms with van der Waals surface area (Å²) >= 11 is 2.01. The lowest BCUT2D eigenvalue weighted by molar-refractivity contribution is 0.539. The van der Waals surface area contributed by atoms with Gasteiger partial charge in [0.05, 0.1) is 5.69 Å². The Morgan fingerprint density at radius 3 is 3.00 bits per heavy atom. The highest BCUT2D eigenvalue weighted by molar-refractivity contribution is 7.99. The van der Waals surface area contributed by atoms with E-state index in [4.69, 9.17) is 0 Å².